The van der Waals surface area contributed by atoms with Gasteiger partial charge in [-0.05, 0) is 17.5 Å². The Morgan fingerprint density at radius 1 is 1.44 bits per heavy atom. The molecule has 0 aromatic heterocycles. The van der Waals surface area contributed by atoms with Crippen LogP contribution in [-0.4, -0.2) is 18.4 Å². The van der Waals surface area contributed by atoms with Gasteiger partial charge in [0.15, 0.2) is 0 Å². The van der Waals surface area contributed by atoms with Crippen LogP contribution in [0.1, 0.15) is 0 Å². The highest BCUT2D eigenvalue weighted by atomic mass is 32.2. The molecule has 0 atom stereocenters. The van der Waals surface area contributed by atoms with Crippen LogP contribution in [0.15, 0.2) is 23.1 Å². The molecule has 0 aliphatic heterocycles. The first-order valence-corrected chi connectivity index (χ1v) is 9.65. The first kappa shape index (κ1) is 13.1. The standard InChI is InChI=1S/C10H16N2O2SSi/c1-16(2,3)7-15-8-4-5-9(11)10(6-8)12(13)14/h4-6H,7,11H2,1-3H3. The summed E-state index contributed by atoms with van der Waals surface area (Å²) in [5.41, 5.74) is 5.76. The van der Waals surface area contributed by atoms with E-state index in [9.17, 15) is 10.1 Å². The van der Waals surface area contributed by atoms with E-state index in [-0.39, 0.29) is 11.4 Å². The monoisotopic (exact) mass is 256 g/mol. The second kappa shape index (κ2) is 4.88. The zero-order valence-corrected chi connectivity index (χ0v) is 11.5. The second-order valence-corrected chi connectivity index (χ2v) is 11.9. The lowest BCUT2D eigenvalue weighted by Crippen LogP contribution is -2.23. The van der Waals surface area contributed by atoms with E-state index in [0.29, 0.717) is 0 Å². The normalized spacial score (nSPS) is 11.4. The second-order valence-electron chi connectivity index (χ2n) is 4.83. The third-order valence-corrected chi connectivity index (χ3v) is 6.50. The minimum absolute atomic E-state index is 0.000533. The molecule has 2 N–H and O–H groups in total. The molecular weight excluding hydrogens is 240 g/mol. The summed E-state index contributed by atoms with van der Waals surface area (Å²) < 4.78 is 0. The number of hydrogen-bond acceptors (Lipinski definition) is 4. The minimum Gasteiger partial charge on any atom is -0.393 e. The highest BCUT2D eigenvalue weighted by molar-refractivity contribution is 8.01. The summed E-state index contributed by atoms with van der Waals surface area (Å²) in [6, 6.07) is 5.00. The molecule has 0 unspecified atom stereocenters. The van der Waals surface area contributed by atoms with Crippen molar-refractivity contribution >= 4 is 31.2 Å². The number of benzene rings is 1. The number of anilines is 1. The molecule has 0 saturated heterocycles. The number of nitro benzene ring substituents is 1. The van der Waals surface area contributed by atoms with Gasteiger partial charge in [-0.25, -0.2) is 0 Å². The largest absolute Gasteiger partial charge is 0.393 e. The lowest BCUT2D eigenvalue weighted by Gasteiger charge is -2.14. The Kier molecular flexibility index (Phi) is 3.98. The first-order chi connectivity index (χ1) is 7.29. The van der Waals surface area contributed by atoms with Crippen molar-refractivity contribution < 1.29 is 4.92 Å². The molecule has 0 fully saturated rings. The molecule has 88 valence electrons. The topological polar surface area (TPSA) is 69.2 Å². The minimum atomic E-state index is -1.14. The van der Waals surface area contributed by atoms with Crippen LogP contribution in [0.25, 0.3) is 0 Å². The van der Waals surface area contributed by atoms with Gasteiger partial charge < -0.3 is 5.73 Å². The van der Waals surface area contributed by atoms with Crippen LogP contribution >= 0.6 is 11.8 Å². The summed E-state index contributed by atoms with van der Waals surface area (Å²) in [7, 11) is -1.14. The van der Waals surface area contributed by atoms with Crippen molar-refractivity contribution in [1.82, 2.24) is 0 Å². The van der Waals surface area contributed by atoms with Crippen molar-refractivity contribution in [2.45, 2.75) is 24.5 Å². The van der Waals surface area contributed by atoms with E-state index in [0.717, 1.165) is 10.3 Å². The molecule has 0 spiro atoms. The Bertz CT molecular complexity index is 404. The predicted molar refractivity (Wildman–Crippen MR) is 71.6 cm³/mol. The zero-order valence-electron chi connectivity index (χ0n) is 9.69. The summed E-state index contributed by atoms with van der Waals surface area (Å²) in [6.45, 7) is 6.81. The van der Waals surface area contributed by atoms with Crippen molar-refractivity contribution in [3.63, 3.8) is 0 Å². The quantitative estimate of drug-likeness (QED) is 0.295. The van der Waals surface area contributed by atoms with Gasteiger partial charge in [-0.3, -0.25) is 10.1 Å². The molecule has 0 heterocycles. The number of nitro groups is 1. The molecule has 1 aromatic carbocycles. The molecule has 0 aliphatic carbocycles. The summed E-state index contributed by atoms with van der Waals surface area (Å²) in [5, 5.41) is 11.7. The molecule has 16 heavy (non-hydrogen) atoms. The van der Waals surface area contributed by atoms with Crippen molar-refractivity contribution in [2.75, 3.05) is 11.1 Å². The van der Waals surface area contributed by atoms with Gasteiger partial charge in [-0.2, -0.15) is 0 Å². The van der Waals surface area contributed by atoms with Crippen molar-refractivity contribution in [1.29, 1.82) is 0 Å². The van der Waals surface area contributed by atoms with Gasteiger partial charge >= 0.3 is 0 Å². The number of nitrogens with zero attached hydrogens (tertiary/aromatic N) is 1. The molecule has 1 rings (SSSR count). The summed E-state index contributed by atoms with van der Waals surface area (Å²) >= 11 is 1.67. The fourth-order valence-corrected chi connectivity index (χ4v) is 3.83. The van der Waals surface area contributed by atoms with Crippen LogP contribution in [-0.2, 0) is 0 Å². The van der Waals surface area contributed by atoms with Gasteiger partial charge in [0.25, 0.3) is 5.69 Å². The van der Waals surface area contributed by atoms with Crippen LogP contribution in [0.3, 0.4) is 0 Å². The Balaban J connectivity index is 2.83. The predicted octanol–water partition coefficient (Wildman–Crippen LogP) is 3.15. The fourth-order valence-electron chi connectivity index (χ4n) is 1.07. The Morgan fingerprint density at radius 2 is 2.06 bits per heavy atom. The summed E-state index contributed by atoms with van der Waals surface area (Å²) in [4.78, 5) is 11.2. The third kappa shape index (κ3) is 3.86. The lowest BCUT2D eigenvalue weighted by atomic mass is 10.3. The van der Waals surface area contributed by atoms with E-state index in [1.54, 1.807) is 23.9 Å². The van der Waals surface area contributed by atoms with Gasteiger partial charge in [-0.1, -0.05) is 19.6 Å². The van der Waals surface area contributed by atoms with Crippen LogP contribution in [0, 0.1) is 10.1 Å². The number of thioether (sulfide) groups is 1. The maximum absolute atomic E-state index is 10.7. The van der Waals surface area contributed by atoms with Crippen molar-refractivity contribution in [2.24, 2.45) is 0 Å². The average Bonchev–Trinajstić information content (AvgIpc) is 2.14. The van der Waals surface area contributed by atoms with Crippen LogP contribution in [0.5, 0.6) is 0 Å². The zero-order chi connectivity index (χ0) is 12.3. The van der Waals surface area contributed by atoms with Crippen molar-refractivity contribution in [3.05, 3.63) is 28.3 Å². The molecular formula is C10H16N2O2SSi. The van der Waals surface area contributed by atoms with E-state index in [4.69, 9.17) is 5.73 Å². The maximum Gasteiger partial charge on any atom is 0.293 e. The van der Waals surface area contributed by atoms with E-state index >= 15 is 0 Å². The van der Waals surface area contributed by atoms with Gasteiger partial charge in [0.2, 0.25) is 0 Å². The number of nitrogens with two attached hydrogens (primary N) is 1. The fraction of sp³-hybridized carbons (Fsp3) is 0.400. The number of rotatable bonds is 4. The molecule has 0 aliphatic rings. The van der Waals surface area contributed by atoms with Gasteiger partial charge in [-0.15, -0.1) is 11.8 Å². The van der Waals surface area contributed by atoms with Crippen molar-refractivity contribution in [3.8, 4) is 0 Å². The van der Waals surface area contributed by atoms with E-state index in [1.165, 1.54) is 0 Å². The molecule has 6 heteroatoms. The average molecular weight is 256 g/mol. The molecule has 4 nitrogen and oxygen atoms in total. The SMILES string of the molecule is C[Si](C)(C)CSc1ccc(N)c([N+](=O)[O-])c1. The van der Waals surface area contributed by atoms with E-state index in [2.05, 4.69) is 19.6 Å². The van der Waals surface area contributed by atoms with Gasteiger partial charge in [0.1, 0.15) is 5.69 Å². The Hall–Kier alpha value is -1.01. The van der Waals surface area contributed by atoms with Gasteiger partial charge in [0.05, 0.1) is 13.0 Å². The number of nitrogen functional groups attached to an aromatic ring is 1. The number of hydrogen-bond donors (Lipinski definition) is 1. The third-order valence-electron chi connectivity index (χ3n) is 1.87. The Labute approximate surface area is 100 Å². The molecule has 0 bridgehead atoms. The van der Waals surface area contributed by atoms with Crippen LogP contribution in [0.2, 0.25) is 19.6 Å². The lowest BCUT2D eigenvalue weighted by molar-refractivity contribution is -0.384. The highest BCUT2D eigenvalue weighted by Crippen LogP contribution is 2.29. The van der Waals surface area contributed by atoms with Gasteiger partial charge in [0, 0.05) is 11.0 Å². The molecule has 0 saturated carbocycles. The molecule has 1 aromatic rings. The highest BCUT2D eigenvalue weighted by Gasteiger charge is 2.16. The van der Waals surface area contributed by atoms with E-state index in [1.807, 2.05) is 6.07 Å². The summed E-state index contributed by atoms with van der Waals surface area (Å²) in [5.74, 6) is 0. The van der Waals surface area contributed by atoms with Crippen LogP contribution in [0.4, 0.5) is 11.4 Å². The van der Waals surface area contributed by atoms with E-state index < -0.39 is 13.0 Å². The first-order valence-electron chi connectivity index (χ1n) is 4.96. The molecule has 0 radical (unpaired) electrons. The smallest absolute Gasteiger partial charge is 0.293 e. The summed E-state index contributed by atoms with van der Waals surface area (Å²) in [6.07, 6.45) is 0. The maximum atomic E-state index is 10.7. The van der Waals surface area contributed by atoms with Crippen LogP contribution < -0.4 is 5.73 Å². The molecule has 0 amide bonds. The Morgan fingerprint density at radius 3 is 2.56 bits per heavy atom.